The first-order valence-electron chi connectivity index (χ1n) is 5.41. The highest BCUT2D eigenvalue weighted by Crippen LogP contribution is 2.25. The molecule has 16 heavy (non-hydrogen) atoms. The molecular formula is C12H17ClFNO. The standard InChI is InChI=1S/C12H17ClFNO/c1-3-11(15-7-8(2)16)9-5-4-6-10(13)12(9)14/h4-6,8,11,15-16H,3,7H2,1-2H3/t8-,11-/m1/s1. The molecule has 0 amide bonds. The van der Waals surface area contributed by atoms with E-state index in [1.807, 2.05) is 6.92 Å². The van der Waals surface area contributed by atoms with Gasteiger partial charge in [0.15, 0.2) is 0 Å². The van der Waals surface area contributed by atoms with Gasteiger partial charge in [0.2, 0.25) is 0 Å². The number of rotatable bonds is 5. The first-order valence-corrected chi connectivity index (χ1v) is 5.79. The Morgan fingerprint density at radius 3 is 2.75 bits per heavy atom. The smallest absolute Gasteiger partial charge is 0.146 e. The maximum atomic E-state index is 13.7. The van der Waals surface area contributed by atoms with Gasteiger partial charge in [-0.25, -0.2) is 4.39 Å². The lowest BCUT2D eigenvalue weighted by Crippen LogP contribution is -2.29. The van der Waals surface area contributed by atoms with Crippen LogP contribution >= 0.6 is 11.6 Å². The third-order valence-electron chi connectivity index (χ3n) is 2.42. The Morgan fingerprint density at radius 1 is 1.50 bits per heavy atom. The van der Waals surface area contributed by atoms with E-state index < -0.39 is 6.10 Å². The molecule has 2 atom stereocenters. The van der Waals surface area contributed by atoms with Crippen LogP contribution in [0.4, 0.5) is 4.39 Å². The minimum atomic E-state index is -0.448. The summed E-state index contributed by atoms with van der Waals surface area (Å²) >= 11 is 5.73. The third kappa shape index (κ3) is 3.44. The van der Waals surface area contributed by atoms with E-state index in [2.05, 4.69) is 5.32 Å². The van der Waals surface area contributed by atoms with Crippen molar-refractivity contribution < 1.29 is 9.50 Å². The Kier molecular flexibility index (Phi) is 5.19. The molecule has 0 unspecified atom stereocenters. The van der Waals surface area contributed by atoms with Gasteiger partial charge in [0.05, 0.1) is 11.1 Å². The molecule has 4 heteroatoms. The fourth-order valence-corrected chi connectivity index (χ4v) is 1.76. The molecule has 2 nitrogen and oxygen atoms in total. The number of aliphatic hydroxyl groups is 1. The summed E-state index contributed by atoms with van der Waals surface area (Å²) in [6.07, 6.45) is 0.292. The van der Waals surface area contributed by atoms with E-state index in [0.717, 1.165) is 6.42 Å². The molecule has 1 aromatic rings. The summed E-state index contributed by atoms with van der Waals surface area (Å²) in [5.41, 5.74) is 0.552. The zero-order chi connectivity index (χ0) is 12.1. The molecular weight excluding hydrogens is 229 g/mol. The van der Waals surface area contributed by atoms with E-state index in [9.17, 15) is 9.50 Å². The largest absolute Gasteiger partial charge is 0.392 e. The van der Waals surface area contributed by atoms with Crippen molar-refractivity contribution in [2.24, 2.45) is 0 Å². The second-order valence-electron chi connectivity index (χ2n) is 3.86. The van der Waals surface area contributed by atoms with E-state index in [1.165, 1.54) is 6.07 Å². The topological polar surface area (TPSA) is 32.3 Å². The van der Waals surface area contributed by atoms with Crippen LogP contribution in [0.5, 0.6) is 0 Å². The van der Waals surface area contributed by atoms with Crippen LogP contribution in [0.25, 0.3) is 0 Å². The van der Waals surface area contributed by atoms with Crippen LogP contribution in [0.3, 0.4) is 0 Å². The van der Waals surface area contributed by atoms with Gasteiger partial charge in [-0.2, -0.15) is 0 Å². The molecule has 0 aromatic heterocycles. The second-order valence-corrected chi connectivity index (χ2v) is 4.27. The number of hydrogen-bond donors (Lipinski definition) is 2. The molecule has 0 spiro atoms. The minimum Gasteiger partial charge on any atom is -0.392 e. The van der Waals surface area contributed by atoms with Gasteiger partial charge in [0.1, 0.15) is 5.82 Å². The van der Waals surface area contributed by atoms with E-state index >= 15 is 0 Å². The molecule has 1 rings (SSSR count). The monoisotopic (exact) mass is 245 g/mol. The van der Waals surface area contributed by atoms with Crippen LogP contribution in [-0.4, -0.2) is 17.8 Å². The summed E-state index contributed by atoms with van der Waals surface area (Å²) in [4.78, 5) is 0. The molecule has 1 aromatic carbocycles. The number of aliphatic hydroxyl groups excluding tert-OH is 1. The molecule has 0 saturated heterocycles. The highest BCUT2D eigenvalue weighted by molar-refractivity contribution is 6.30. The van der Waals surface area contributed by atoms with Crippen molar-refractivity contribution in [3.8, 4) is 0 Å². The second kappa shape index (κ2) is 6.18. The lowest BCUT2D eigenvalue weighted by molar-refractivity contribution is 0.185. The van der Waals surface area contributed by atoms with Crippen molar-refractivity contribution >= 4 is 11.6 Å². The van der Waals surface area contributed by atoms with Crippen LogP contribution in [0.2, 0.25) is 5.02 Å². The fraction of sp³-hybridized carbons (Fsp3) is 0.500. The van der Waals surface area contributed by atoms with E-state index in [1.54, 1.807) is 19.1 Å². The zero-order valence-electron chi connectivity index (χ0n) is 9.50. The van der Waals surface area contributed by atoms with Gasteiger partial charge >= 0.3 is 0 Å². The molecule has 0 saturated carbocycles. The number of halogens is 2. The van der Waals surface area contributed by atoms with Crippen molar-refractivity contribution in [2.75, 3.05) is 6.54 Å². The van der Waals surface area contributed by atoms with E-state index in [4.69, 9.17) is 11.6 Å². The van der Waals surface area contributed by atoms with Crippen LogP contribution in [0, 0.1) is 5.82 Å². The van der Waals surface area contributed by atoms with Crippen LogP contribution < -0.4 is 5.32 Å². The van der Waals surface area contributed by atoms with Crippen molar-refractivity contribution in [1.82, 2.24) is 5.32 Å². The Balaban J connectivity index is 2.82. The molecule has 2 N–H and O–H groups in total. The molecule has 0 aliphatic rings. The maximum Gasteiger partial charge on any atom is 0.146 e. The predicted molar refractivity (Wildman–Crippen MR) is 64.1 cm³/mol. The van der Waals surface area contributed by atoms with Crippen molar-refractivity contribution in [3.63, 3.8) is 0 Å². The minimum absolute atomic E-state index is 0.117. The summed E-state index contributed by atoms with van der Waals surface area (Å²) in [5, 5.41) is 12.4. The van der Waals surface area contributed by atoms with E-state index in [0.29, 0.717) is 12.1 Å². The van der Waals surface area contributed by atoms with Gasteiger partial charge in [-0.1, -0.05) is 30.7 Å². The summed E-state index contributed by atoms with van der Waals surface area (Å²) in [7, 11) is 0. The van der Waals surface area contributed by atoms with Crippen LogP contribution in [-0.2, 0) is 0 Å². The van der Waals surface area contributed by atoms with Gasteiger partial charge in [-0.15, -0.1) is 0 Å². The van der Waals surface area contributed by atoms with Gasteiger partial charge in [-0.05, 0) is 19.4 Å². The number of nitrogens with one attached hydrogen (secondary N) is 1. The van der Waals surface area contributed by atoms with Gasteiger partial charge < -0.3 is 10.4 Å². The molecule has 0 fully saturated rings. The normalized spacial score (nSPS) is 14.8. The highest BCUT2D eigenvalue weighted by Gasteiger charge is 2.15. The zero-order valence-corrected chi connectivity index (χ0v) is 10.3. The van der Waals surface area contributed by atoms with Crippen molar-refractivity contribution in [2.45, 2.75) is 32.4 Å². The van der Waals surface area contributed by atoms with E-state index in [-0.39, 0.29) is 16.9 Å². The summed E-state index contributed by atoms with van der Waals surface area (Å²) in [6, 6.07) is 4.85. The first kappa shape index (κ1) is 13.4. The Morgan fingerprint density at radius 2 is 2.19 bits per heavy atom. The first-order chi connectivity index (χ1) is 7.56. The average molecular weight is 246 g/mol. The molecule has 0 aliphatic heterocycles. The summed E-state index contributed by atoms with van der Waals surface area (Å²) in [6.45, 7) is 4.08. The lowest BCUT2D eigenvalue weighted by atomic mass is 10.0. The Hall–Kier alpha value is -0.640. The van der Waals surface area contributed by atoms with Gasteiger partial charge in [0, 0.05) is 18.2 Å². The van der Waals surface area contributed by atoms with Crippen molar-refractivity contribution in [1.29, 1.82) is 0 Å². The van der Waals surface area contributed by atoms with Crippen molar-refractivity contribution in [3.05, 3.63) is 34.6 Å². The predicted octanol–water partition coefficient (Wildman–Crippen LogP) is 2.90. The Labute approximate surface area is 100 Å². The molecule has 0 bridgehead atoms. The molecule has 90 valence electrons. The summed E-state index contributed by atoms with van der Waals surface area (Å²) in [5.74, 6) is -0.380. The quantitative estimate of drug-likeness (QED) is 0.836. The van der Waals surface area contributed by atoms with Crippen LogP contribution in [0.15, 0.2) is 18.2 Å². The lowest BCUT2D eigenvalue weighted by Gasteiger charge is -2.19. The number of hydrogen-bond acceptors (Lipinski definition) is 2. The average Bonchev–Trinajstić information content (AvgIpc) is 2.24. The molecule has 0 heterocycles. The SMILES string of the molecule is CC[C@@H](NC[C@@H](C)O)c1cccc(Cl)c1F. The number of benzene rings is 1. The third-order valence-corrected chi connectivity index (χ3v) is 2.72. The highest BCUT2D eigenvalue weighted by atomic mass is 35.5. The Bertz CT molecular complexity index is 344. The van der Waals surface area contributed by atoms with Gasteiger partial charge in [-0.3, -0.25) is 0 Å². The van der Waals surface area contributed by atoms with Gasteiger partial charge in [0.25, 0.3) is 0 Å². The maximum absolute atomic E-state index is 13.7. The summed E-state index contributed by atoms with van der Waals surface area (Å²) < 4.78 is 13.7. The fourth-order valence-electron chi connectivity index (χ4n) is 1.58. The van der Waals surface area contributed by atoms with Crippen LogP contribution in [0.1, 0.15) is 31.9 Å². The molecule has 0 aliphatic carbocycles. The molecule has 0 radical (unpaired) electrons.